The minimum atomic E-state index is -3.48. The van der Waals surface area contributed by atoms with E-state index in [1.165, 1.54) is 0 Å². The second-order valence-corrected chi connectivity index (χ2v) is 7.99. The van der Waals surface area contributed by atoms with Gasteiger partial charge in [0.15, 0.2) is 0 Å². The SMILES string of the molecule is CCC(C(N)=S)S(=O)(=O)NCC(C)(C)CN(C)C. The van der Waals surface area contributed by atoms with Gasteiger partial charge in [0.2, 0.25) is 10.0 Å². The molecule has 0 fully saturated rings. The van der Waals surface area contributed by atoms with Gasteiger partial charge in [-0.3, -0.25) is 0 Å². The highest BCUT2D eigenvalue weighted by atomic mass is 32.2. The molecule has 0 saturated carbocycles. The number of thiocarbonyl (C=S) groups is 1. The molecule has 0 aliphatic heterocycles. The van der Waals surface area contributed by atoms with Gasteiger partial charge >= 0.3 is 0 Å². The second kappa shape index (κ2) is 6.79. The maximum atomic E-state index is 12.0. The number of sulfonamides is 1. The van der Waals surface area contributed by atoms with Crippen molar-refractivity contribution in [3.05, 3.63) is 0 Å². The molecule has 0 radical (unpaired) electrons. The number of hydrogen-bond donors (Lipinski definition) is 2. The summed E-state index contributed by atoms with van der Waals surface area (Å²) in [7, 11) is 0.441. The Balaban J connectivity index is 4.66. The molecule has 1 atom stereocenters. The van der Waals surface area contributed by atoms with Crippen molar-refractivity contribution in [3.8, 4) is 0 Å². The van der Waals surface area contributed by atoms with E-state index < -0.39 is 15.3 Å². The Labute approximate surface area is 116 Å². The van der Waals surface area contributed by atoms with E-state index in [2.05, 4.69) is 4.72 Å². The van der Waals surface area contributed by atoms with Crippen LogP contribution in [0.4, 0.5) is 0 Å². The average molecular weight is 295 g/mol. The van der Waals surface area contributed by atoms with Crippen LogP contribution in [0.15, 0.2) is 0 Å². The lowest BCUT2D eigenvalue weighted by molar-refractivity contribution is 0.242. The summed E-state index contributed by atoms with van der Waals surface area (Å²) in [5.41, 5.74) is 5.31. The van der Waals surface area contributed by atoms with Gasteiger partial charge in [0, 0.05) is 13.1 Å². The first kappa shape index (κ1) is 17.8. The summed E-state index contributed by atoms with van der Waals surface area (Å²) >= 11 is 4.79. The van der Waals surface area contributed by atoms with Crippen LogP contribution in [0.3, 0.4) is 0 Å². The van der Waals surface area contributed by atoms with Gasteiger partial charge in [0.25, 0.3) is 0 Å². The molecule has 108 valence electrons. The van der Waals surface area contributed by atoms with Gasteiger partial charge in [-0.05, 0) is 25.9 Å². The van der Waals surface area contributed by atoms with Gasteiger partial charge in [0.05, 0.1) is 4.99 Å². The summed E-state index contributed by atoms with van der Waals surface area (Å²) < 4.78 is 26.7. The predicted octanol–water partition coefficient (Wildman–Crippen LogP) is 0.558. The zero-order chi connectivity index (χ0) is 14.6. The van der Waals surface area contributed by atoms with Crippen molar-refractivity contribution in [2.24, 2.45) is 11.1 Å². The molecule has 3 N–H and O–H groups in total. The molecule has 0 rings (SSSR count). The molecule has 1 unspecified atom stereocenters. The van der Waals surface area contributed by atoms with E-state index in [9.17, 15) is 8.42 Å². The second-order valence-electron chi connectivity index (χ2n) is 5.57. The molecule has 0 spiro atoms. The zero-order valence-electron chi connectivity index (χ0n) is 11.9. The molecule has 5 nitrogen and oxygen atoms in total. The molecule has 0 aromatic heterocycles. The molecule has 0 aromatic carbocycles. The molecular weight excluding hydrogens is 270 g/mol. The van der Waals surface area contributed by atoms with E-state index in [0.717, 1.165) is 6.54 Å². The van der Waals surface area contributed by atoms with E-state index in [-0.39, 0.29) is 10.4 Å². The quantitative estimate of drug-likeness (QED) is 0.640. The maximum absolute atomic E-state index is 12.0. The Morgan fingerprint density at radius 3 is 2.28 bits per heavy atom. The molecule has 0 saturated heterocycles. The molecule has 0 bridgehead atoms. The Morgan fingerprint density at radius 2 is 1.94 bits per heavy atom. The van der Waals surface area contributed by atoms with Gasteiger partial charge in [-0.15, -0.1) is 0 Å². The molecule has 0 aliphatic rings. The van der Waals surface area contributed by atoms with Crippen LogP contribution < -0.4 is 10.5 Å². The highest BCUT2D eigenvalue weighted by molar-refractivity contribution is 7.93. The van der Waals surface area contributed by atoms with Crippen molar-refractivity contribution in [2.75, 3.05) is 27.2 Å². The molecule has 0 heterocycles. The van der Waals surface area contributed by atoms with Gasteiger partial charge in [-0.25, -0.2) is 13.1 Å². The lowest BCUT2D eigenvalue weighted by Crippen LogP contribution is -2.46. The Kier molecular flexibility index (Phi) is 6.70. The van der Waals surface area contributed by atoms with Crippen molar-refractivity contribution in [1.82, 2.24) is 9.62 Å². The van der Waals surface area contributed by atoms with E-state index >= 15 is 0 Å². The lowest BCUT2D eigenvalue weighted by atomic mass is 9.93. The number of nitrogens with two attached hydrogens (primary N) is 1. The third-order valence-electron chi connectivity index (χ3n) is 2.56. The lowest BCUT2D eigenvalue weighted by Gasteiger charge is -2.29. The van der Waals surface area contributed by atoms with Gasteiger partial charge in [0.1, 0.15) is 5.25 Å². The summed E-state index contributed by atoms with van der Waals surface area (Å²) in [5.74, 6) is 0. The first-order valence-electron chi connectivity index (χ1n) is 5.94. The van der Waals surface area contributed by atoms with Crippen LogP contribution in [-0.4, -0.2) is 50.7 Å². The summed E-state index contributed by atoms with van der Waals surface area (Å²) in [6.45, 7) is 6.94. The average Bonchev–Trinajstić information content (AvgIpc) is 2.13. The van der Waals surface area contributed by atoms with Crippen LogP contribution in [0.5, 0.6) is 0 Å². The third-order valence-corrected chi connectivity index (χ3v) is 4.88. The minimum absolute atomic E-state index is 0.0235. The van der Waals surface area contributed by atoms with Gasteiger partial charge in [-0.2, -0.15) is 0 Å². The number of nitrogens with zero attached hydrogens (tertiary/aromatic N) is 1. The summed E-state index contributed by atoms with van der Waals surface area (Å²) in [5, 5.41) is -0.789. The Morgan fingerprint density at radius 1 is 1.44 bits per heavy atom. The summed E-state index contributed by atoms with van der Waals surface area (Å²) in [4.78, 5) is 2.05. The summed E-state index contributed by atoms with van der Waals surface area (Å²) in [6, 6.07) is 0. The highest BCUT2D eigenvalue weighted by Crippen LogP contribution is 2.16. The predicted molar refractivity (Wildman–Crippen MR) is 80.1 cm³/mol. The normalized spacial score (nSPS) is 14.8. The molecule has 0 aliphatic carbocycles. The fourth-order valence-corrected chi connectivity index (χ4v) is 3.97. The van der Waals surface area contributed by atoms with Gasteiger partial charge in [-0.1, -0.05) is 33.0 Å². The first-order chi connectivity index (χ1) is 8.02. The number of nitrogens with one attached hydrogen (secondary N) is 1. The Bertz CT molecular complexity index is 378. The van der Waals surface area contributed by atoms with Crippen molar-refractivity contribution in [2.45, 2.75) is 32.4 Å². The van der Waals surface area contributed by atoms with E-state index in [1.54, 1.807) is 6.92 Å². The standard InChI is InChI=1S/C11H25N3O2S2/c1-6-9(10(12)17)18(15,16)13-7-11(2,3)8-14(4)5/h9,13H,6-8H2,1-5H3,(H2,12,17). The summed E-state index contributed by atoms with van der Waals surface area (Å²) in [6.07, 6.45) is 0.388. The maximum Gasteiger partial charge on any atom is 0.221 e. The smallest absolute Gasteiger partial charge is 0.221 e. The molecular formula is C11H25N3O2S2. The van der Waals surface area contributed by atoms with Crippen LogP contribution in [0, 0.1) is 5.41 Å². The van der Waals surface area contributed by atoms with Crippen molar-refractivity contribution < 1.29 is 8.42 Å². The third kappa shape index (κ3) is 6.08. The topological polar surface area (TPSA) is 75.4 Å². The fourth-order valence-electron chi connectivity index (χ4n) is 1.88. The van der Waals surface area contributed by atoms with Crippen LogP contribution in [0.2, 0.25) is 0 Å². The Hall–Kier alpha value is -0.240. The van der Waals surface area contributed by atoms with E-state index in [1.807, 2.05) is 32.8 Å². The molecule has 18 heavy (non-hydrogen) atoms. The van der Waals surface area contributed by atoms with Gasteiger partial charge < -0.3 is 10.6 Å². The van der Waals surface area contributed by atoms with Crippen molar-refractivity contribution >= 4 is 27.2 Å². The monoisotopic (exact) mass is 295 g/mol. The molecule has 7 heteroatoms. The van der Waals surface area contributed by atoms with Crippen LogP contribution >= 0.6 is 12.2 Å². The zero-order valence-corrected chi connectivity index (χ0v) is 13.5. The van der Waals surface area contributed by atoms with Crippen LogP contribution in [-0.2, 0) is 10.0 Å². The number of hydrogen-bond acceptors (Lipinski definition) is 4. The molecule has 0 amide bonds. The minimum Gasteiger partial charge on any atom is -0.392 e. The van der Waals surface area contributed by atoms with Crippen LogP contribution in [0.1, 0.15) is 27.2 Å². The molecule has 0 aromatic rings. The first-order valence-corrected chi connectivity index (χ1v) is 7.90. The van der Waals surface area contributed by atoms with Crippen molar-refractivity contribution in [1.29, 1.82) is 0 Å². The van der Waals surface area contributed by atoms with E-state index in [4.69, 9.17) is 18.0 Å². The highest BCUT2D eigenvalue weighted by Gasteiger charge is 2.29. The van der Waals surface area contributed by atoms with Crippen molar-refractivity contribution in [3.63, 3.8) is 0 Å². The fraction of sp³-hybridized carbons (Fsp3) is 0.909. The largest absolute Gasteiger partial charge is 0.392 e. The van der Waals surface area contributed by atoms with Crippen LogP contribution in [0.25, 0.3) is 0 Å². The van der Waals surface area contributed by atoms with E-state index in [0.29, 0.717) is 13.0 Å². The number of rotatable bonds is 8.